The van der Waals surface area contributed by atoms with Gasteiger partial charge in [0.1, 0.15) is 0 Å². The second kappa shape index (κ2) is 13.2. The van der Waals surface area contributed by atoms with Gasteiger partial charge in [0.25, 0.3) is 0 Å². The monoisotopic (exact) mass is 560 g/mol. The predicted octanol–water partition coefficient (Wildman–Crippen LogP) is 6.78. The summed E-state index contributed by atoms with van der Waals surface area (Å²) in [5.74, 6) is 0. The number of aromatic nitrogens is 1. The number of halogens is 2. The molecule has 2 unspecified atom stereocenters. The van der Waals surface area contributed by atoms with Crippen LogP contribution in [0.15, 0.2) is 6.07 Å². The molecule has 0 radical (unpaired) electrons. The van der Waals surface area contributed by atoms with Crippen LogP contribution in [-0.4, -0.2) is 42.2 Å². The molecule has 0 amide bonds. The number of rotatable bonds is 0. The molecule has 0 spiro atoms. The van der Waals surface area contributed by atoms with Crippen molar-refractivity contribution in [2.75, 3.05) is 13.1 Å². The molecule has 0 aromatic carbocycles. The smallest absolute Gasteiger partial charge is 0.0264 e. The number of pyridine rings is 1. The van der Waals surface area contributed by atoms with Crippen LogP contribution >= 0.6 is 20.2 Å². The number of aryl methyl sites for hydroxylation is 2. The summed E-state index contributed by atoms with van der Waals surface area (Å²) in [6.07, 6.45) is 17.6. The van der Waals surface area contributed by atoms with E-state index in [1.54, 1.807) is 0 Å². The summed E-state index contributed by atoms with van der Waals surface area (Å²) >= 11 is 0.00694. The summed E-state index contributed by atoms with van der Waals surface area (Å²) in [5.41, 5.74) is 5.61. The van der Waals surface area contributed by atoms with Gasteiger partial charge in [-0.15, -0.1) is 12.1 Å². The molecule has 2 fully saturated rings. The van der Waals surface area contributed by atoms with Gasteiger partial charge in [-0.05, 0) is 48.9 Å². The van der Waals surface area contributed by atoms with Crippen molar-refractivity contribution in [3.05, 3.63) is 39.2 Å². The molecule has 2 saturated carbocycles. The Hall–Kier alpha value is 0.0895. The first kappa shape index (κ1) is 26.7. The third-order valence-corrected chi connectivity index (χ3v) is 8.87. The molecule has 1 aliphatic heterocycles. The maximum absolute atomic E-state index is 5.51. The minimum atomic E-state index is 0.00694. The van der Waals surface area contributed by atoms with Crippen molar-refractivity contribution in [1.82, 2.24) is 15.6 Å². The van der Waals surface area contributed by atoms with Gasteiger partial charge in [0.2, 0.25) is 0 Å². The standard InChI is InChI=1S/C27H41N5.2ClH.Mn/c1-3-11-22-20(9-1)28-15-16-29-21-10-2-4-12-23(21)31-25-14-6-8-19-17-18-7-5-13-24(30-22)26(18)32-27(19)25;;;/h17,20-25,28-29H,1-16H2;2*1H;/q-2;;;+2/p-2/t20?,21?,22-,23-,24+,25+;;;/m1.../s1. The first-order valence-electron chi connectivity index (χ1n) is 14.0. The minimum Gasteiger partial charge on any atom is -0.650 e. The largest absolute Gasteiger partial charge is 0.650 e. The number of nitrogens with one attached hydrogen (secondary N) is 2. The molecule has 8 heteroatoms. The first-order valence-corrected chi connectivity index (χ1v) is 17.3. The van der Waals surface area contributed by atoms with E-state index in [-0.39, 0.29) is 13.1 Å². The topological polar surface area (TPSA) is 65.2 Å². The predicted molar refractivity (Wildman–Crippen MR) is 142 cm³/mol. The van der Waals surface area contributed by atoms with Crippen molar-refractivity contribution in [3.63, 3.8) is 0 Å². The molecule has 6 rings (SSSR count). The van der Waals surface area contributed by atoms with Crippen LogP contribution in [-0.2, 0) is 26.0 Å². The van der Waals surface area contributed by atoms with Crippen molar-refractivity contribution in [2.45, 2.75) is 126 Å². The van der Waals surface area contributed by atoms with Gasteiger partial charge >= 0.3 is 33.3 Å². The van der Waals surface area contributed by atoms with Crippen LogP contribution in [0.1, 0.15) is 112 Å². The molecule has 0 saturated heterocycles. The van der Waals surface area contributed by atoms with Gasteiger partial charge in [0.15, 0.2) is 0 Å². The Morgan fingerprint density at radius 1 is 0.686 bits per heavy atom. The fourth-order valence-electron chi connectivity index (χ4n) is 7.18. The zero-order chi connectivity index (χ0) is 24.0. The van der Waals surface area contributed by atoms with Crippen molar-refractivity contribution >= 4 is 20.2 Å². The van der Waals surface area contributed by atoms with Crippen LogP contribution in [0.2, 0.25) is 0 Å². The Bertz CT molecular complexity index is 766. The van der Waals surface area contributed by atoms with Crippen LogP contribution in [0.25, 0.3) is 10.6 Å². The van der Waals surface area contributed by atoms with E-state index in [0.717, 1.165) is 13.1 Å². The third-order valence-electron chi connectivity index (χ3n) is 8.87. The van der Waals surface area contributed by atoms with E-state index in [9.17, 15) is 0 Å². The van der Waals surface area contributed by atoms with E-state index in [4.69, 9.17) is 35.8 Å². The van der Waals surface area contributed by atoms with Crippen molar-refractivity contribution < 1.29 is 13.1 Å². The molecule has 5 nitrogen and oxygen atoms in total. The molecule has 6 atom stereocenters. The Labute approximate surface area is 226 Å². The van der Waals surface area contributed by atoms with Gasteiger partial charge in [-0.25, -0.2) is 0 Å². The maximum Gasteiger partial charge on any atom is 0.0264 e. The maximum atomic E-state index is 5.51. The van der Waals surface area contributed by atoms with Crippen LogP contribution in [0.3, 0.4) is 0 Å². The van der Waals surface area contributed by atoms with Crippen LogP contribution in [0.5, 0.6) is 0 Å². The Morgan fingerprint density at radius 2 is 1.14 bits per heavy atom. The van der Waals surface area contributed by atoms with Gasteiger partial charge in [0.05, 0.1) is 0 Å². The second-order valence-corrected chi connectivity index (χ2v) is 13.0. The van der Waals surface area contributed by atoms with Gasteiger partial charge in [0, 0.05) is 24.5 Å². The molecule has 1 aromatic heterocycles. The molecular formula is C27H41Cl2MnN5-2. The Morgan fingerprint density at radius 3 is 1.63 bits per heavy atom. The molecule has 197 valence electrons. The zero-order valence-corrected chi connectivity index (χ0v) is 23.5. The van der Waals surface area contributed by atoms with Crippen LogP contribution in [0.4, 0.5) is 0 Å². The Kier molecular flexibility index (Phi) is 10.1. The summed E-state index contributed by atoms with van der Waals surface area (Å²) in [7, 11) is 9.59. The summed E-state index contributed by atoms with van der Waals surface area (Å²) in [4.78, 5) is 5.44. The van der Waals surface area contributed by atoms with Gasteiger partial charge in [-0.2, -0.15) is 0 Å². The number of nitrogens with zero attached hydrogens (tertiary/aromatic N) is 3. The van der Waals surface area contributed by atoms with E-state index in [1.165, 1.54) is 112 Å². The normalized spacial score (nSPS) is 35.3. The number of hydrogen-bond acceptors (Lipinski definition) is 3. The second-order valence-electron chi connectivity index (χ2n) is 11.1. The van der Waals surface area contributed by atoms with Crippen LogP contribution in [0, 0.1) is 0 Å². The van der Waals surface area contributed by atoms with Gasteiger partial charge < -0.3 is 21.3 Å². The quantitative estimate of drug-likeness (QED) is 0.344. The summed E-state index contributed by atoms with van der Waals surface area (Å²) in [5, 5.41) is 18.8. The fourth-order valence-corrected chi connectivity index (χ4v) is 7.18. The molecule has 2 bridgehead atoms. The molecule has 1 aromatic rings. The van der Waals surface area contributed by atoms with Gasteiger partial charge in [-0.1, -0.05) is 82.4 Å². The van der Waals surface area contributed by atoms with Crippen LogP contribution < -0.4 is 10.6 Å². The zero-order valence-electron chi connectivity index (χ0n) is 20.8. The summed E-state index contributed by atoms with van der Waals surface area (Å²) in [6, 6.07) is 5.09. The molecule has 4 aliphatic carbocycles. The fraction of sp³-hybridized carbons (Fsp3) is 0.815. The molecule has 2 N–H and O–H groups in total. The van der Waals surface area contributed by atoms with E-state index >= 15 is 0 Å². The number of fused-ring (bicyclic) bond motifs is 2. The van der Waals surface area contributed by atoms with Crippen molar-refractivity contribution in [1.29, 1.82) is 0 Å². The molecular weight excluding hydrogens is 520 g/mol. The van der Waals surface area contributed by atoms with E-state index in [1.807, 2.05) is 0 Å². The van der Waals surface area contributed by atoms with Crippen molar-refractivity contribution in [2.24, 2.45) is 0 Å². The Balaban J connectivity index is 0.000000806. The number of hydrogen-bond donors (Lipinski definition) is 2. The third kappa shape index (κ3) is 6.57. The van der Waals surface area contributed by atoms with E-state index in [0.29, 0.717) is 36.3 Å². The summed E-state index contributed by atoms with van der Waals surface area (Å²) in [6.45, 7) is 2.10. The SMILES string of the molecule is [Cl][Mn][Cl].c1c2c3nc4c1CCC[C@@H]4[N-][C@@H]1CCCCC1NCCNC1CCCC[C@H]1[N-][C@H]3CCC2. The van der Waals surface area contributed by atoms with Crippen molar-refractivity contribution in [3.8, 4) is 0 Å². The van der Waals surface area contributed by atoms with E-state index < -0.39 is 0 Å². The average molecular weight is 562 g/mol. The molecule has 35 heavy (non-hydrogen) atoms. The first-order chi connectivity index (χ1) is 17.3. The van der Waals surface area contributed by atoms with Gasteiger partial charge in [-0.3, -0.25) is 4.98 Å². The molecule has 2 heterocycles. The molecule has 5 aliphatic rings. The minimum absolute atomic E-state index is 0.00694. The summed E-state index contributed by atoms with van der Waals surface area (Å²) < 4.78 is 0. The van der Waals surface area contributed by atoms with E-state index in [2.05, 4.69) is 16.7 Å². The average Bonchev–Trinajstić information content (AvgIpc) is 2.88.